The van der Waals surface area contributed by atoms with Gasteiger partial charge in [-0.2, -0.15) is 4.31 Å². The third-order valence-electron chi connectivity index (χ3n) is 5.33. The largest absolute Gasteiger partial charge is 0.495 e. The summed E-state index contributed by atoms with van der Waals surface area (Å²) in [5, 5.41) is 3.07. The number of ether oxygens (including phenoxy) is 2. The number of rotatable bonds is 7. The van der Waals surface area contributed by atoms with Crippen LogP contribution in [0.5, 0.6) is 5.75 Å². The van der Waals surface area contributed by atoms with Crippen LogP contribution >= 0.6 is 11.6 Å². The number of hydrogen-bond acceptors (Lipinski definition) is 6. The van der Waals surface area contributed by atoms with Crippen molar-refractivity contribution in [1.82, 2.24) is 4.31 Å². The van der Waals surface area contributed by atoms with Crippen molar-refractivity contribution in [3.8, 4) is 5.75 Å². The summed E-state index contributed by atoms with van der Waals surface area (Å²) < 4.78 is 38.5. The number of anilines is 1. The summed E-state index contributed by atoms with van der Waals surface area (Å²) in [7, 11) is -2.49. The third-order valence-corrected chi connectivity index (χ3v) is 7.48. The number of hydrogen-bond donors (Lipinski definition) is 1. The van der Waals surface area contributed by atoms with Gasteiger partial charge in [0, 0.05) is 23.8 Å². The second-order valence-corrected chi connectivity index (χ2v) is 10.1. The van der Waals surface area contributed by atoms with Crippen LogP contribution in [0.25, 0.3) is 0 Å². The lowest BCUT2D eigenvalue weighted by Crippen LogP contribution is -2.32. The van der Waals surface area contributed by atoms with E-state index >= 15 is 0 Å². The van der Waals surface area contributed by atoms with E-state index in [1.807, 2.05) is 0 Å². The molecule has 1 heterocycles. The lowest BCUT2D eigenvalue weighted by Gasteiger charge is -2.21. The molecule has 3 rings (SSSR count). The smallest absolute Gasteiger partial charge is 0.338 e. The Morgan fingerprint density at radius 1 is 1.06 bits per heavy atom. The molecule has 33 heavy (non-hydrogen) atoms. The molecule has 10 heteroatoms. The molecular formula is C23H27ClN2O6S. The van der Waals surface area contributed by atoms with E-state index in [9.17, 15) is 18.0 Å². The third kappa shape index (κ3) is 6.25. The monoisotopic (exact) mass is 494 g/mol. The number of halogens is 1. The molecule has 0 spiro atoms. The standard InChI is InChI=1S/C23H27ClN2O6S/c1-16(22(27)25-19-9-7-8-18(24)15-19)32-23(28)17-10-11-20(31-2)21(14-17)33(29,30)26-12-5-3-4-6-13-26/h7-11,14-16H,3-6,12-13H2,1-2H3,(H,25,27). The van der Waals surface area contributed by atoms with Crippen LogP contribution < -0.4 is 10.1 Å². The number of carbonyl (C=O) groups excluding carboxylic acids is 2. The van der Waals surface area contributed by atoms with Gasteiger partial charge in [-0.3, -0.25) is 4.79 Å². The first-order valence-corrected chi connectivity index (χ1v) is 12.5. The van der Waals surface area contributed by atoms with Crippen LogP contribution in [0.3, 0.4) is 0 Å². The zero-order chi connectivity index (χ0) is 24.0. The summed E-state index contributed by atoms with van der Waals surface area (Å²) in [5.41, 5.74) is 0.470. The number of amides is 1. The Bertz CT molecular complexity index is 1110. The predicted octanol–water partition coefficient (Wildman–Crippen LogP) is 4.10. The zero-order valence-electron chi connectivity index (χ0n) is 18.5. The molecule has 1 atom stereocenters. The number of esters is 1. The van der Waals surface area contributed by atoms with E-state index in [0.29, 0.717) is 23.8 Å². The predicted molar refractivity (Wildman–Crippen MR) is 125 cm³/mol. The average Bonchev–Trinajstić information content (AvgIpc) is 3.09. The van der Waals surface area contributed by atoms with Gasteiger partial charge in [-0.15, -0.1) is 0 Å². The van der Waals surface area contributed by atoms with Crippen molar-refractivity contribution in [2.24, 2.45) is 0 Å². The normalized spacial score (nSPS) is 15.8. The number of sulfonamides is 1. The van der Waals surface area contributed by atoms with Crippen molar-refractivity contribution in [2.75, 3.05) is 25.5 Å². The first-order chi connectivity index (χ1) is 15.7. The van der Waals surface area contributed by atoms with Gasteiger partial charge in [0.15, 0.2) is 6.10 Å². The van der Waals surface area contributed by atoms with Crippen LogP contribution in [0, 0.1) is 0 Å². The quantitative estimate of drug-likeness (QED) is 0.581. The van der Waals surface area contributed by atoms with E-state index in [-0.39, 0.29) is 16.2 Å². The van der Waals surface area contributed by atoms with Crippen molar-refractivity contribution < 1.29 is 27.5 Å². The molecule has 1 aliphatic heterocycles. The highest BCUT2D eigenvalue weighted by Crippen LogP contribution is 2.30. The molecule has 1 unspecified atom stereocenters. The van der Waals surface area contributed by atoms with Gasteiger partial charge in [-0.25, -0.2) is 13.2 Å². The summed E-state index contributed by atoms with van der Waals surface area (Å²) in [6.07, 6.45) is 2.39. The number of nitrogens with one attached hydrogen (secondary N) is 1. The molecule has 2 aromatic carbocycles. The van der Waals surface area contributed by atoms with Crippen LogP contribution in [0.1, 0.15) is 43.0 Å². The summed E-state index contributed by atoms with van der Waals surface area (Å²) >= 11 is 5.91. The Morgan fingerprint density at radius 2 is 1.76 bits per heavy atom. The molecule has 0 saturated carbocycles. The molecule has 0 aromatic heterocycles. The van der Waals surface area contributed by atoms with Crippen molar-refractivity contribution in [1.29, 1.82) is 0 Å². The summed E-state index contributed by atoms with van der Waals surface area (Å²) in [6.45, 7) is 2.26. The lowest BCUT2D eigenvalue weighted by molar-refractivity contribution is -0.123. The van der Waals surface area contributed by atoms with Gasteiger partial charge in [-0.1, -0.05) is 30.5 Å². The molecule has 1 N–H and O–H groups in total. The van der Waals surface area contributed by atoms with Crippen LogP contribution in [0.2, 0.25) is 5.02 Å². The fraction of sp³-hybridized carbons (Fsp3) is 0.391. The zero-order valence-corrected chi connectivity index (χ0v) is 20.1. The van der Waals surface area contributed by atoms with Gasteiger partial charge in [0.2, 0.25) is 10.0 Å². The molecule has 0 radical (unpaired) electrons. The molecule has 8 nitrogen and oxygen atoms in total. The number of benzene rings is 2. The van der Waals surface area contributed by atoms with E-state index in [1.165, 1.54) is 36.5 Å². The van der Waals surface area contributed by atoms with Crippen LogP contribution in [0.15, 0.2) is 47.4 Å². The number of carbonyl (C=O) groups is 2. The highest BCUT2D eigenvalue weighted by molar-refractivity contribution is 7.89. The molecule has 2 aromatic rings. The van der Waals surface area contributed by atoms with Gasteiger partial charge in [0.25, 0.3) is 5.91 Å². The highest BCUT2D eigenvalue weighted by atomic mass is 35.5. The minimum Gasteiger partial charge on any atom is -0.495 e. The second kappa shape index (κ2) is 11.0. The van der Waals surface area contributed by atoms with Crippen LogP contribution in [-0.2, 0) is 19.6 Å². The molecular weight excluding hydrogens is 468 g/mol. The maximum absolute atomic E-state index is 13.3. The Hall–Kier alpha value is -2.62. The molecule has 178 valence electrons. The van der Waals surface area contributed by atoms with Gasteiger partial charge in [-0.05, 0) is 56.2 Å². The minimum absolute atomic E-state index is 0.00611. The highest BCUT2D eigenvalue weighted by Gasteiger charge is 2.30. The van der Waals surface area contributed by atoms with E-state index in [1.54, 1.807) is 24.3 Å². The Labute approximate surface area is 198 Å². The van der Waals surface area contributed by atoms with Gasteiger partial charge < -0.3 is 14.8 Å². The van der Waals surface area contributed by atoms with Crippen molar-refractivity contribution in [3.05, 3.63) is 53.1 Å². The van der Waals surface area contributed by atoms with Crippen molar-refractivity contribution >= 4 is 39.2 Å². The number of methoxy groups -OCH3 is 1. The molecule has 1 fully saturated rings. The molecule has 0 aliphatic carbocycles. The Morgan fingerprint density at radius 3 is 2.39 bits per heavy atom. The van der Waals surface area contributed by atoms with E-state index in [4.69, 9.17) is 21.1 Å². The molecule has 0 bridgehead atoms. The van der Waals surface area contributed by atoms with Crippen molar-refractivity contribution in [2.45, 2.75) is 43.6 Å². The molecule has 1 saturated heterocycles. The maximum Gasteiger partial charge on any atom is 0.338 e. The fourth-order valence-electron chi connectivity index (χ4n) is 3.52. The van der Waals surface area contributed by atoms with E-state index in [0.717, 1.165) is 25.7 Å². The molecule has 1 amide bonds. The van der Waals surface area contributed by atoms with Crippen LogP contribution in [0.4, 0.5) is 5.69 Å². The van der Waals surface area contributed by atoms with Gasteiger partial charge >= 0.3 is 5.97 Å². The summed E-state index contributed by atoms with van der Waals surface area (Å²) in [4.78, 5) is 25.0. The second-order valence-electron chi connectivity index (χ2n) is 7.73. The van der Waals surface area contributed by atoms with Gasteiger partial charge in [0.05, 0.1) is 12.7 Å². The SMILES string of the molecule is COc1ccc(C(=O)OC(C)C(=O)Nc2cccc(Cl)c2)cc1S(=O)(=O)N1CCCCCC1. The Balaban J connectivity index is 1.77. The Kier molecular flexibility index (Phi) is 8.34. The fourth-order valence-corrected chi connectivity index (χ4v) is 5.41. The first kappa shape index (κ1) is 25.0. The average molecular weight is 495 g/mol. The lowest BCUT2D eigenvalue weighted by atomic mass is 10.2. The maximum atomic E-state index is 13.3. The van der Waals surface area contributed by atoms with E-state index < -0.39 is 28.0 Å². The summed E-state index contributed by atoms with van der Waals surface area (Å²) in [5.74, 6) is -1.22. The van der Waals surface area contributed by atoms with E-state index in [2.05, 4.69) is 5.32 Å². The van der Waals surface area contributed by atoms with Crippen LogP contribution in [-0.4, -0.2) is 50.9 Å². The van der Waals surface area contributed by atoms with Gasteiger partial charge in [0.1, 0.15) is 10.6 Å². The topological polar surface area (TPSA) is 102 Å². The van der Waals surface area contributed by atoms with Crippen molar-refractivity contribution in [3.63, 3.8) is 0 Å². The number of nitrogens with zero attached hydrogens (tertiary/aromatic N) is 1. The molecule has 1 aliphatic rings. The first-order valence-electron chi connectivity index (χ1n) is 10.7. The minimum atomic E-state index is -3.86. The summed E-state index contributed by atoms with van der Waals surface area (Å²) in [6, 6.07) is 10.6.